The first kappa shape index (κ1) is 38.6. The predicted octanol–water partition coefficient (Wildman–Crippen LogP) is 15.3. The summed E-state index contributed by atoms with van der Waals surface area (Å²) in [6.45, 7) is 16.3. The Morgan fingerprint density at radius 1 is 0.588 bits per heavy atom. The van der Waals surface area contributed by atoms with Crippen molar-refractivity contribution < 1.29 is 13.3 Å². The van der Waals surface area contributed by atoms with Gasteiger partial charge >= 0.3 is 6.85 Å². The number of rotatable bonds is 2. The number of hydrogen-bond acceptors (Lipinski definition) is 5. The van der Waals surface area contributed by atoms with Gasteiger partial charge in [0, 0.05) is 61.2 Å². The fourth-order valence-electron chi connectivity index (χ4n) is 12.6. The molecule has 0 saturated heterocycles. The number of benzene rings is 8. The van der Waals surface area contributed by atoms with Crippen LogP contribution >= 0.6 is 0 Å². The summed E-state index contributed by atoms with van der Waals surface area (Å²) < 4.78 is 23.4. The maximum Gasteiger partial charge on any atom is 0.333 e. The minimum Gasteiger partial charge on any atom is -0.456 e. The van der Waals surface area contributed by atoms with Crippen molar-refractivity contribution in [3.63, 3.8) is 0 Å². The number of aromatic nitrogens is 2. The number of fused-ring (bicyclic) bond motifs is 18. The summed E-state index contributed by atoms with van der Waals surface area (Å²) in [5, 5.41) is 6.81. The summed E-state index contributed by atoms with van der Waals surface area (Å²) in [7, 11) is 0. The van der Waals surface area contributed by atoms with Crippen molar-refractivity contribution in [3.05, 3.63) is 156 Å². The summed E-state index contributed by atoms with van der Waals surface area (Å²) in [5.74, 6) is 0.614. The van der Waals surface area contributed by atoms with Gasteiger partial charge in [-0.05, 0) is 129 Å². The zero-order valence-electron chi connectivity index (χ0n) is 39.3. The van der Waals surface area contributed by atoms with Gasteiger partial charge in [0.15, 0.2) is 5.58 Å². The molecule has 1 aliphatic carbocycles. The van der Waals surface area contributed by atoms with Crippen molar-refractivity contribution in [2.75, 3.05) is 4.81 Å². The zero-order valence-corrected chi connectivity index (χ0v) is 39.3. The van der Waals surface area contributed by atoms with E-state index in [2.05, 4.69) is 179 Å². The largest absolute Gasteiger partial charge is 0.456 e. The van der Waals surface area contributed by atoms with Crippen LogP contribution in [0.2, 0.25) is 0 Å². The second-order valence-corrected chi connectivity index (χ2v) is 22.1. The lowest BCUT2D eigenvalue weighted by molar-refractivity contribution is 0.332. The SMILES string of the molecule is CC(C)(C)c1ccc(N2B3c4cc5nc(-c6ccccc6)oc5cc4-n4c5cc6c(cc5c5c7oc8ccccc8c7c(c3c54)-c3cc4oc5ccccc5c4cc32)C(C)(C)CCC6(C)C)cc1. The minimum absolute atomic E-state index is 0.00203. The first-order valence-corrected chi connectivity index (χ1v) is 24.2. The number of anilines is 2. The number of oxazole rings is 1. The number of para-hydroxylation sites is 2. The van der Waals surface area contributed by atoms with Crippen LogP contribution in [0.25, 0.3) is 105 Å². The molecular weight excluding hydrogens is 834 g/mol. The lowest BCUT2D eigenvalue weighted by Crippen LogP contribution is -2.60. The van der Waals surface area contributed by atoms with Gasteiger partial charge in [-0.1, -0.05) is 115 Å². The fourth-order valence-corrected chi connectivity index (χ4v) is 12.6. The molecule has 15 rings (SSSR count). The van der Waals surface area contributed by atoms with Crippen LogP contribution in [-0.2, 0) is 16.2 Å². The summed E-state index contributed by atoms with van der Waals surface area (Å²) in [5.41, 5.74) is 20.6. The van der Waals surface area contributed by atoms with Crippen molar-refractivity contribution in [1.82, 2.24) is 9.55 Å². The van der Waals surface area contributed by atoms with E-state index in [0.717, 1.165) is 101 Å². The molecule has 6 nitrogen and oxygen atoms in total. The predicted molar refractivity (Wildman–Crippen MR) is 281 cm³/mol. The molecule has 6 heterocycles. The average molecular weight is 882 g/mol. The highest BCUT2D eigenvalue weighted by atomic mass is 16.3. The second-order valence-electron chi connectivity index (χ2n) is 22.1. The van der Waals surface area contributed by atoms with Crippen molar-refractivity contribution in [3.8, 4) is 28.3 Å². The van der Waals surface area contributed by atoms with Gasteiger partial charge < -0.3 is 22.6 Å². The van der Waals surface area contributed by atoms with E-state index >= 15 is 0 Å². The number of nitrogens with zero attached hydrogens (tertiary/aromatic N) is 3. The molecule has 8 aromatic carbocycles. The van der Waals surface area contributed by atoms with E-state index in [-0.39, 0.29) is 23.1 Å². The van der Waals surface area contributed by atoms with Crippen LogP contribution in [0.15, 0.2) is 153 Å². The first-order chi connectivity index (χ1) is 32.8. The van der Waals surface area contributed by atoms with E-state index in [1.165, 1.54) is 49.6 Å². The Kier molecular flexibility index (Phi) is 7.22. The second kappa shape index (κ2) is 12.7. The highest BCUT2D eigenvalue weighted by molar-refractivity contribution is 6.94. The third kappa shape index (κ3) is 4.96. The van der Waals surface area contributed by atoms with Gasteiger partial charge in [0.05, 0.1) is 16.4 Å². The average Bonchev–Trinajstić information content (AvgIpc) is 4.11. The Morgan fingerprint density at radius 2 is 1.28 bits per heavy atom. The van der Waals surface area contributed by atoms with Crippen LogP contribution in [0, 0.1) is 0 Å². The van der Waals surface area contributed by atoms with E-state index in [1.807, 2.05) is 18.2 Å². The quantitative estimate of drug-likeness (QED) is 0.162. The zero-order chi connectivity index (χ0) is 45.7. The van der Waals surface area contributed by atoms with Gasteiger partial charge in [-0.15, -0.1) is 0 Å². The van der Waals surface area contributed by atoms with E-state index in [1.54, 1.807) is 0 Å². The molecule has 0 amide bonds. The molecule has 0 spiro atoms. The van der Waals surface area contributed by atoms with Crippen molar-refractivity contribution in [1.29, 1.82) is 0 Å². The van der Waals surface area contributed by atoms with Crippen LogP contribution in [-0.4, -0.2) is 16.4 Å². The molecular formula is C61H48BN3O3. The standard InChI is InChI=1S/C61H48BN3O3/c1-59(2,3)34-21-23-35(24-22-34)65-46-28-38-36-17-11-13-19-48(36)66-50(38)29-40(46)52-53-37-18-12-14-20-49(37)67-57(53)54-39-27-41-42(61(6,7)26-25-60(41,4)5)30-45(39)64-47-32-51-44(31-43(47)62(65)55(52)56(54)64)63-58(68-51)33-15-9-8-10-16-33/h8-24,27-32H,25-26H2,1-7H3. The molecule has 0 unspecified atom stereocenters. The fraction of sp³-hybridized carbons (Fsp3) is 0.197. The molecule has 328 valence electrons. The van der Waals surface area contributed by atoms with Crippen LogP contribution in [0.3, 0.4) is 0 Å². The van der Waals surface area contributed by atoms with E-state index in [4.69, 9.17) is 18.2 Å². The highest BCUT2D eigenvalue weighted by Gasteiger charge is 2.47. The van der Waals surface area contributed by atoms with Crippen molar-refractivity contribution >= 4 is 106 Å². The summed E-state index contributed by atoms with van der Waals surface area (Å²) in [4.78, 5) is 7.87. The molecule has 0 saturated carbocycles. The normalized spacial score (nSPS) is 15.9. The smallest absolute Gasteiger partial charge is 0.333 e. The molecule has 3 aliphatic rings. The molecule has 0 radical (unpaired) electrons. The molecule has 7 heteroatoms. The molecule has 12 aromatic rings. The van der Waals surface area contributed by atoms with Gasteiger partial charge in [0.1, 0.15) is 27.8 Å². The van der Waals surface area contributed by atoms with Crippen LogP contribution in [0.1, 0.15) is 78.0 Å². The molecule has 0 atom stereocenters. The Morgan fingerprint density at radius 3 is 2.03 bits per heavy atom. The number of furan rings is 2. The third-order valence-corrected chi connectivity index (χ3v) is 16.2. The topological polar surface area (TPSA) is 60.5 Å². The maximum absolute atomic E-state index is 7.29. The first-order valence-electron chi connectivity index (χ1n) is 24.2. The van der Waals surface area contributed by atoms with E-state index < -0.39 is 0 Å². The Bertz CT molecular complexity index is 4190. The van der Waals surface area contributed by atoms with Gasteiger partial charge in [-0.25, -0.2) is 4.98 Å². The molecule has 0 fully saturated rings. The lowest BCUT2D eigenvalue weighted by Gasteiger charge is -2.42. The molecule has 0 N–H and O–H groups in total. The monoisotopic (exact) mass is 881 g/mol. The Balaban J connectivity index is 1.18. The van der Waals surface area contributed by atoms with E-state index in [9.17, 15) is 0 Å². The van der Waals surface area contributed by atoms with Crippen LogP contribution in [0.4, 0.5) is 11.4 Å². The Labute approximate surface area is 393 Å². The number of hydrogen-bond donors (Lipinski definition) is 0. The lowest BCUT2D eigenvalue weighted by atomic mass is 9.43. The van der Waals surface area contributed by atoms with Gasteiger partial charge in [0.2, 0.25) is 5.89 Å². The summed E-state index contributed by atoms with van der Waals surface area (Å²) in [6, 6.07) is 51.0. The summed E-state index contributed by atoms with van der Waals surface area (Å²) >= 11 is 0. The van der Waals surface area contributed by atoms with Crippen molar-refractivity contribution in [2.45, 2.75) is 77.6 Å². The van der Waals surface area contributed by atoms with Gasteiger partial charge in [-0.3, -0.25) is 0 Å². The van der Waals surface area contributed by atoms with E-state index in [0.29, 0.717) is 5.89 Å². The third-order valence-electron chi connectivity index (χ3n) is 16.2. The minimum atomic E-state index is -0.259. The van der Waals surface area contributed by atoms with Crippen molar-refractivity contribution in [2.24, 2.45) is 0 Å². The highest BCUT2D eigenvalue weighted by Crippen LogP contribution is 2.55. The Hall–Kier alpha value is -7.51. The molecule has 4 aromatic heterocycles. The molecule has 68 heavy (non-hydrogen) atoms. The maximum atomic E-state index is 7.29. The van der Waals surface area contributed by atoms with Gasteiger partial charge in [-0.2, -0.15) is 0 Å². The van der Waals surface area contributed by atoms with Crippen LogP contribution in [0.5, 0.6) is 0 Å². The molecule has 2 aliphatic heterocycles. The summed E-state index contributed by atoms with van der Waals surface area (Å²) in [6.07, 6.45) is 2.25. The van der Waals surface area contributed by atoms with Crippen LogP contribution < -0.4 is 15.7 Å². The van der Waals surface area contributed by atoms with Gasteiger partial charge in [0.25, 0.3) is 0 Å². The molecule has 0 bridgehead atoms.